The minimum atomic E-state index is -0.547. The van der Waals surface area contributed by atoms with E-state index in [1.807, 2.05) is 22.8 Å². The maximum atomic E-state index is 10.7. The Balaban J connectivity index is 2.36. The molecule has 0 fully saturated rings. The number of urea groups is 1. The number of imidazole rings is 1. The van der Waals surface area contributed by atoms with Gasteiger partial charge in [0.05, 0.1) is 16.1 Å². The number of aromatic nitrogens is 2. The molecule has 0 atom stereocenters. The first-order chi connectivity index (χ1) is 9.13. The number of halogens is 2. The van der Waals surface area contributed by atoms with Gasteiger partial charge < -0.3 is 15.6 Å². The van der Waals surface area contributed by atoms with Crippen molar-refractivity contribution in [2.75, 3.05) is 12.4 Å². The fraction of sp³-hybridized carbons (Fsp3) is 0.333. The average Bonchev–Trinajstić information content (AvgIpc) is 2.69. The highest BCUT2D eigenvalue weighted by atomic mass is 35.5. The normalized spacial score (nSPS) is 10.8. The molecule has 0 radical (unpaired) electrons. The molecule has 7 heteroatoms. The number of amides is 2. The molecule has 0 unspecified atom stereocenters. The van der Waals surface area contributed by atoms with Crippen molar-refractivity contribution in [1.29, 1.82) is 0 Å². The Morgan fingerprint density at radius 2 is 2.26 bits per heavy atom. The lowest BCUT2D eigenvalue weighted by Gasteiger charge is -2.09. The first-order valence-electron chi connectivity index (χ1n) is 5.86. The summed E-state index contributed by atoms with van der Waals surface area (Å²) in [5, 5.41) is 3.18. The molecular formula is C12H14Cl2N4O. The molecule has 0 aliphatic carbocycles. The zero-order valence-electron chi connectivity index (χ0n) is 10.2. The number of benzene rings is 1. The number of carbonyl (C=O) groups is 1. The van der Waals surface area contributed by atoms with Crippen LogP contribution >= 0.6 is 23.2 Å². The monoisotopic (exact) mass is 300 g/mol. The van der Waals surface area contributed by atoms with Gasteiger partial charge in [-0.15, -0.1) is 11.6 Å². The number of hydrogen-bond acceptors (Lipinski definition) is 2. The Kier molecular flexibility index (Phi) is 4.50. The molecule has 0 aliphatic heterocycles. The molecular weight excluding hydrogens is 287 g/mol. The molecule has 2 rings (SSSR count). The smallest absolute Gasteiger partial charge is 0.312 e. The molecule has 1 aromatic carbocycles. The predicted molar refractivity (Wildman–Crippen MR) is 76.8 cm³/mol. The molecule has 0 spiro atoms. The van der Waals surface area contributed by atoms with Crippen molar-refractivity contribution < 1.29 is 4.79 Å². The summed E-state index contributed by atoms with van der Waals surface area (Å²) >= 11 is 12.0. The molecule has 1 aromatic heterocycles. The molecule has 0 aliphatic rings. The van der Waals surface area contributed by atoms with Gasteiger partial charge in [0.25, 0.3) is 0 Å². The van der Waals surface area contributed by atoms with Gasteiger partial charge >= 0.3 is 6.03 Å². The summed E-state index contributed by atoms with van der Waals surface area (Å²) in [5.74, 6) is 1.33. The molecule has 3 N–H and O–H groups in total. The SMILES string of the molecule is NC(=O)NCCn1c(CCCl)nc2cccc(Cl)c21. The largest absolute Gasteiger partial charge is 0.352 e. The van der Waals surface area contributed by atoms with Gasteiger partial charge in [-0.1, -0.05) is 17.7 Å². The predicted octanol–water partition coefficient (Wildman–Crippen LogP) is 2.14. The van der Waals surface area contributed by atoms with Crippen molar-refractivity contribution in [2.45, 2.75) is 13.0 Å². The van der Waals surface area contributed by atoms with Crippen molar-refractivity contribution in [3.63, 3.8) is 0 Å². The maximum absolute atomic E-state index is 10.7. The minimum absolute atomic E-state index is 0.418. The Morgan fingerprint density at radius 1 is 1.47 bits per heavy atom. The van der Waals surface area contributed by atoms with Crippen LogP contribution in [0.5, 0.6) is 0 Å². The van der Waals surface area contributed by atoms with Crippen LogP contribution in [-0.2, 0) is 13.0 Å². The fourth-order valence-corrected chi connectivity index (χ4v) is 2.44. The summed E-state index contributed by atoms with van der Waals surface area (Å²) in [4.78, 5) is 15.2. The van der Waals surface area contributed by atoms with Crippen LogP contribution in [0.4, 0.5) is 4.79 Å². The van der Waals surface area contributed by atoms with E-state index < -0.39 is 6.03 Å². The number of nitrogens with two attached hydrogens (primary N) is 1. The van der Waals surface area contributed by atoms with Gasteiger partial charge in [0.2, 0.25) is 0 Å². The third kappa shape index (κ3) is 3.11. The zero-order chi connectivity index (χ0) is 13.8. The molecule has 102 valence electrons. The number of hydrogen-bond donors (Lipinski definition) is 2. The first-order valence-corrected chi connectivity index (χ1v) is 6.77. The standard InChI is InChI=1S/C12H14Cl2N4O/c13-5-4-10-17-9-3-1-2-8(14)11(9)18(10)7-6-16-12(15)19/h1-3H,4-7H2,(H3,15,16,19). The molecule has 0 saturated heterocycles. The Morgan fingerprint density at radius 3 is 2.95 bits per heavy atom. The van der Waals surface area contributed by atoms with Crippen molar-refractivity contribution in [3.05, 3.63) is 29.0 Å². The Hall–Kier alpha value is -1.46. The van der Waals surface area contributed by atoms with Crippen LogP contribution < -0.4 is 11.1 Å². The number of nitrogens with one attached hydrogen (secondary N) is 1. The van der Waals surface area contributed by atoms with E-state index >= 15 is 0 Å². The first kappa shape index (κ1) is 14.0. The van der Waals surface area contributed by atoms with Gasteiger partial charge in [-0.05, 0) is 12.1 Å². The lowest BCUT2D eigenvalue weighted by Crippen LogP contribution is -2.32. The zero-order valence-corrected chi connectivity index (χ0v) is 11.7. The van der Waals surface area contributed by atoms with E-state index in [2.05, 4.69) is 10.3 Å². The molecule has 2 amide bonds. The summed E-state index contributed by atoms with van der Waals surface area (Å²) in [5.41, 5.74) is 6.73. The topological polar surface area (TPSA) is 72.9 Å². The van der Waals surface area contributed by atoms with E-state index in [4.69, 9.17) is 28.9 Å². The Bertz CT molecular complexity index is 597. The van der Waals surface area contributed by atoms with E-state index in [0.717, 1.165) is 16.9 Å². The van der Waals surface area contributed by atoms with Crippen molar-refractivity contribution in [3.8, 4) is 0 Å². The number of aryl methyl sites for hydroxylation is 1. The minimum Gasteiger partial charge on any atom is -0.352 e. The lowest BCUT2D eigenvalue weighted by molar-refractivity contribution is 0.248. The second-order valence-electron chi connectivity index (χ2n) is 4.02. The third-order valence-electron chi connectivity index (χ3n) is 2.75. The summed E-state index contributed by atoms with van der Waals surface area (Å²) in [7, 11) is 0. The Labute approximate surface area is 120 Å². The number of primary amides is 1. The highest BCUT2D eigenvalue weighted by Crippen LogP contribution is 2.24. The van der Waals surface area contributed by atoms with Gasteiger partial charge in [-0.25, -0.2) is 9.78 Å². The van der Waals surface area contributed by atoms with Gasteiger partial charge in [0.15, 0.2) is 0 Å². The van der Waals surface area contributed by atoms with Crippen LogP contribution in [0.25, 0.3) is 11.0 Å². The molecule has 19 heavy (non-hydrogen) atoms. The van der Waals surface area contributed by atoms with Gasteiger partial charge in [-0.3, -0.25) is 0 Å². The second kappa shape index (κ2) is 6.12. The lowest BCUT2D eigenvalue weighted by atomic mass is 10.3. The molecule has 5 nitrogen and oxygen atoms in total. The van der Waals surface area contributed by atoms with Crippen molar-refractivity contribution in [2.24, 2.45) is 5.73 Å². The van der Waals surface area contributed by atoms with Crippen LogP contribution in [0, 0.1) is 0 Å². The number of nitrogens with zero attached hydrogens (tertiary/aromatic N) is 2. The van der Waals surface area contributed by atoms with E-state index in [1.54, 1.807) is 0 Å². The van der Waals surface area contributed by atoms with Gasteiger partial charge in [0, 0.05) is 25.4 Å². The number of alkyl halides is 1. The summed E-state index contributed by atoms with van der Waals surface area (Å²) in [6.45, 7) is 0.969. The number of para-hydroxylation sites is 1. The van der Waals surface area contributed by atoms with Crippen molar-refractivity contribution in [1.82, 2.24) is 14.9 Å². The quantitative estimate of drug-likeness (QED) is 0.830. The molecule has 0 saturated carbocycles. The summed E-state index contributed by atoms with van der Waals surface area (Å²) in [6.07, 6.45) is 0.642. The average molecular weight is 301 g/mol. The number of fused-ring (bicyclic) bond motifs is 1. The van der Waals surface area contributed by atoms with Gasteiger partial charge in [0.1, 0.15) is 5.82 Å². The number of carbonyl (C=O) groups excluding carboxylic acids is 1. The van der Waals surface area contributed by atoms with Crippen LogP contribution in [0.1, 0.15) is 5.82 Å². The van der Waals surface area contributed by atoms with E-state index in [9.17, 15) is 4.79 Å². The second-order valence-corrected chi connectivity index (χ2v) is 4.80. The number of rotatable bonds is 5. The highest BCUT2D eigenvalue weighted by molar-refractivity contribution is 6.35. The van der Waals surface area contributed by atoms with Crippen molar-refractivity contribution >= 4 is 40.3 Å². The van der Waals surface area contributed by atoms with E-state index in [1.165, 1.54) is 0 Å². The van der Waals surface area contributed by atoms with E-state index in [0.29, 0.717) is 30.4 Å². The summed E-state index contributed by atoms with van der Waals surface area (Å²) in [6, 6.07) is 5.02. The third-order valence-corrected chi connectivity index (χ3v) is 3.24. The molecule has 2 aromatic rings. The van der Waals surface area contributed by atoms with E-state index in [-0.39, 0.29) is 0 Å². The highest BCUT2D eigenvalue weighted by Gasteiger charge is 2.12. The van der Waals surface area contributed by atoms with Crippen LogP contribution in [-0.4, -0.2) is 28.0 Å². The molecule has 0 bridgehead atoms. The van der Waals surface area contributed by atoms with Crippen LogP contribution in [0.2, 0.25) is 5.02 Å². The van der Waals surface area contributed by atoms with Gasteiger partial charge in [-0.2, -0.15) is 0 Å². The van der Waals surface area contributed by atoms with Crippen LogP contribution in [0.3, 0.4) is 0 Å². The summed E-state index contributed by atoms with van der Waals surface area (Å²) < 4.78 is 1.97. The van der Waals surface area contributed by atoms with Crippen LogP contribution in [0.15, 0.2) is 18.2 Å². The molecule has 1 heterocycles. The fourth-order valence-electron chi connectivity index (χ4n) is 2.00. The maximum Gasteiger partial charge on any atom is 0.312 e.